The molecule has 38 heavy (non-hydrogen) atoms. The Morgan fingerprint density at radius 2 is 1.18 bits per heavy atom. The van der Waals surface area contributed by atoms with Gasteiger partial charge in [-0.15, -0.1) is 0 Å². The van der Waals surface area contributed by atoms with Gasteiger partial charge in [-0.2, -0.15) is 0 Å². The number of Topliss-reactive ketones (excluding diaryl/α,β-unsaturated/α-hetero) is 1. The van der Waals surface area contributed by atoms with E-state index in [-0.39, 0.29) is 18.1 Å². The van der Waals surface area contributed by atoms with Gasteiger partial charge in [0.25, 0.3) is 5.91 Å². The molecule has 1 rings (SSSR count). The summed E-state index contributed by atoms with van der Waals surface area (Å²) in [5, 5.41) is 5.64. The number of amides is 2. The average Bonchev–Trinajstić information content (AvgIpc) is 2.87. The number of methoxy groups -OCH3 is 1. The van der Waals surface area contributed by atoms with E-state index in [0.29, 0.717) is 17.8 Å². The minimum atomic E-state index is -0.579. The first kappa shape index (κ1) is 33.8. The normalized spacial score (nSPS) is 12.2. The lowest BCUT2D eigenvalue weighted by atomic mass is 9.89. The minimum Gasteiger partial charge on any atom is -0.372 e. The first-order valence-corrected chi connectivity index (χ1v) is 14.9. The van der Waals surface area contributed by atoms with Crippen LogP contribution >= 0.6 is 0 Å². The minimum absolute atomic E-state index is 0.135. The fraction of sp³-hybridized carbons (Fsp3) is 0.719. The number of carbonyl (C=O) groups is 3. The molecule has 1 unspecified atom stereocenters. The molecule has 0 radical (unpaired) electrons. The van der Waals surface area contributed by atoms with Crippen LogP contribution in [0.2, 0.25) is 0 Å². The number of hydrogen-bond acceptors (Lipinski definition) is 4. The Balaban J connectivity index is 2.30. The molecule has 1 aromatic rings. The monoisotopic (exact) mass is 530 g/mol. The summed E-state index contributed by atoms with van der Waals surface area (Å²) in [5.41, 5.74) is 0.389. The molecule has 0 bridgehead atoms. The molecule has 0 fully saturated rings. The molecule has 0 aromatic heterocycles. The third kappa shape index (κ3) is 15.3. The van der Waals surface area contributed by atoms with Crippen LogP contribution in [0.4, 0.5) is 11.4 Å². The van der Waals surface area contributed by atoms with Gasteiger partial charge in [0.15, 0.2) is 0 Å². The summed E-state index contributed by atoms with van der Waals surface area (Å²) in [7, 11) is 1.56. The summed E-state index contributed by atoms with van der Waals surface area (Å²) < 4.78 is 5.46. The van der Waals surface area contributed by atoms with Crippen molar-refractivity contribution in [2.24, 2.45) is 5.41 Å². The highest BCUT2D eigenvalue weighted by atomic mass is 16.5. The zero-order valence-corrected chi connectivity index (χ0v) is 24.8. The molecule has 0 aliphatic rings. The summed E-state index contributed by atoms with van der Waals surface area (Å²) in [4.78, 5) is 37.4. The number of ketones is 1. The molecule has 1 atom stereocenters. The third-order valence-corrected chi connectivity index (χ3v) is 7.01. The zero-order chi connectivity index (χ0) is 28.2. The first-order chi connectivity index (χ1) is 18.2. The molecule has 6 heteroatoms. The van der Waals surface area contributed by atoms with Crippen LogP contribution in [0, 0.1) is 5.41 Å². The van der Waals surface area contributed by atoms with Gasteiger partial charge in [-0.3, -0.25) is 14.4 Å². The number of anilines is 2. The van der Waals surface area contributed by atoms with E-state index in [4.69, 9.17) is 4.74 Å². The Morgan fingerprint density at radius 1 is 0.737 bits per heavy atom. The van der Waals surface area contributed by atoms with Gasteiger partial charge in [-0.05, 0) is 18.6 Å². The smallest absolute Gasteiger partial charge is 0.253 e. The van der Waals surface area contributed by atoms with Crippen molar-refractivity contribution < 1.29 is 19.1 Å². The maximum Gasteiger partial charge on any atom is 0.253 e. The van der Waals surface area contributed by atoms with Crippen molar-refractivity contribution in [1.82, 2.24) is 0 Å². The molecule has 6 nitrogen and oxygen atoms in total. The second-order valence-electron chi connectivity index (χ2n) is 11.5. The topological polar surface area (TPSA) is 84.5 Å². The van der Waals surface area contributed by atoms with E-state index in [0.717, 1.165) is 12.8 Å². The lowest BCUT2D eigenvalue weighted by molar-refractivity contribution is -0.130. The Hall–Kier alpha value is -2.21. The standard InChI is InChI=1S/C32H54N2O4/c1-6-7-8-9-10-11-12-13-14-15-16-17-18-19-24-28(38-5)31(37)34-27-23-21-20-22-26(27)33-30(36)25-29(35)32(2,3)4/h20-23,28H,6-19,24-25H2,1-5H3,(H,33,36)(H,34,37). The largest absolute Gasteiger partial charge is 0.372 e. The Kier molecular flexibility index (Phi) is 17.6. The SMILES string of the molecule is CCCCCCCCCCCCCCCCC(OC)C(=O)Nc1ccccc1NC(=O)CC(=O)C(C)(C)C. The number of nitrogens with one attached hydrogen (secondary N) is 2. The fourth-order valence-electron chi connectivity index (χ4n) is 4.40. The van der Waals surface area contributed by atoms with Crippen LogP contribution < -0.4 is 10.6 Å². The second-order valence-corrected chi connectivity index (χ2v) is 11.5. The molecule has 2 N–H and O–H groups in total. The van der Waals surface area contributed by atoms with E-state index in [1.165, 1.54) is 77.0 Å². The lowest BCUT2D eigenvalue weighted by Gasteiger charge is -2.18. The Labute approximate surface area is 232 Å². The van der Waals surface area contributed by atoms with Crippen LogP contribution in [-0.4, -0.2) is 30.8 Å². The molecule has 0 spiro atoms. The highest BCUT2D eigenvalue weighted by molar-refractivity contribution is 6.08. The maximum atomic E-state index is 12.9. The Bertz CT molecular complexity index is 816. The molecule has 0 aliphatic heterocycles. The van der Waals surface area contributed by atoms with Gasteiger partial charge in [0.05, 0.1) is 17.8 Å². The highest BCUT2D eigenvalue weighted by Gasteiger charge is 2.24. The fourth-order valence-corrected chi connectivity index (χ4v) is 4.40. The third-order valence-electron chi connectivity index (χ3n) is 7.01. The molecular weight excluding hydrogens is 476 g/mol. The number of unbranched alkanes of at least 4 members (excludes halogenated alkanes) is 13. The predicted octanol–water partition coefficient (Wildman–Crippen LogP) is 8.46. The molecule has 216 valence electrons. The van der Waals surface area contributed by atoms with E-state index < -0.39 is 17.4 Å². The van der Waals surface area contributed by atoms with Gasteiger partial charge in [0.2, 0.25) is 5.91 Å². The summed E-state index contributed by atoms with van der Waals surface area (Å²) in [5.74, 6) is -0.754. The molecule has 0 saturated carbocycles. The van der Waals surface area contributed by atoms with Gasteiger partial charge < -0.3 is 15.4 Å². The van der Waals surface area contributed by atoms with Crippen LogP contribution in [0.5, 0.6) is 0 Å². The number of hydrogen-bond donors (Lipinski definition) is 2. The first-order valence-electron chi connectivity index (χ1n) is 14.9. The van der Waals surface area contributed by atoms with Crippen molar-refractivity contribution >= 4 is 29.0 Å². The number of para-hydroxylation sites is 2. The van der Waals surface area contributed by atoms with Crippen molar-refractivity contribution in [3.8, 4) is 0 Å². The molecule has 1 aromatic carbocycles. The van der Waals surface area contributed by atoms with Gasteiger partial charge in [0, 0.05) is 12.5 Å². The molecule has 2 amide bonds. The number of carbonyl (C=O) groups excluding carboxylic acids is 3. The van der Waals surface area contributed by atoms with E-state index in [9.17, 15) is 14.4 Å². The summed E-state index contributed by atoms with van der Waals surface area (Å²) in [6.07, 6.45) is 18.0. The Morgan fingerprint density at radius 3 is 1.63 bits per heavy atom. The number of rotatable bonds is 21. The highest BCUT2D eigenvalue weighted by Crippen LogP contribution is 2.23. The van der Waals surface area contributed by atoms with Crippen molar-refractivity contribution in [3.63, 3.8) is 0 Å². The van der Waals surface area contributed by atoms with E-state index in [1.807, 2.05) is 0 Å². The maximum absolute atomic E-state index is 12.9. The van der Waals surface area contributed by atoms with Gasteiger partial charge in [-0.1, -0.05) is 130 Å². The van der Waals surface area contributed by atoms with E-state index in [1.54, 1.807) is 52.1 Å². The van der Waals surface area contributed by atoms with Gasteiger partial charge >= 0.3 is 0 Å². The zero-order valence-electron chi connectivity index (χ0n) is 24.8. The summed E-state index contributed by atoms with van der Waals surface area (Å²) in [6.45, 7) is 7.64. The van der Waals surface area contributed by atoms with Crippen LogP contribution in [0.15, 0.2) is 24.3 Å². The van der Waals surface area contributed by atoms with E-state index >= 15 is 0 Å². The predicted molar refractivity (Wildman–Crippen MR) is 159 cm³/mol. The molecule has 0 heterocycles. The summed E-state index contributed by atoms with van der Waals surface area (Å²) >= 11 is 0. The van der Waals surface area contributed by atoms with Crippen molar-refractivity contribution in [3.05, 3.63) is 24.3 Å². The average molecular weight is 531 g/mol. The molecule has 0 saturated heterocycles. The van der Waals surface area contributed by atoms with Crippen LogP contribution in [0.25, 0.3) is 0 Å². The van der Waals surface area contributed by atoms with Crippen LogP contribution in [-0.2, 0) is 19.1 Å². The molecular formula is C32H54N2O4. The van der Waals surface area contributed by atoms with Crippen molar-refractivity contribution in [2.75, 3.05) is 17.7 Å². The summed E-state index contributed by atoms with van der Waals surface area (Å²) in [6, 6.07) is 7.02. The quantitative estimate of drug-likeness (QED) is 0.123. The van der Waals surface area contributed by atoms with E-state index in [2.05, 4.69) is 17.6 Å². The number of benzene rings is 1. The van der Waals surface area contributed by atoms with Gasteiger partial charge in [-0.25, -0.2) is 0 Å². The second kappa shape index (κ2) is 19.8. The number of ether oxygens (including phenoxy) is 1. The van der Waals surface area contributed by atoms with Crippen LogP contribution in [0.3, 0.4) is 0 Å². The lowest BCUT2D eigenvalue weighted by Crippen LogP contribution is -2.30. The van der Waals surface area contributed by atoms with Crippen molar-refractivity contribution in [2.45, 2.75) is 137 Å². The molecule has 0 aliphatic carbocycles. The van der Waals surface area contributed by atoms with Crippen molar-refractivity contribution in [1.29, 1.82) is 0 Å². The van der Waals surface area contributed by atoms with Crippen LogP contribution in [0.1, 0.15) is 130 Å². The van der Waals surface area contributed by atoms with Gasteiger partial charge in [0.1, 0.15) is 11.9 Å².